The maximum Gasteiger partial charge on any atom is 0.341 e. The first-order valence-electron chi connectivity index (χ1n) is 6.99. The van der Waals surface area contributed by atoms with Crippen molar-refractivity contribution in [3.8, 4) is 0 Å². The maximum absolute atomic E-state index is 12.0. The molecule has 1 aliphatic carbocycles. The Balaban J connectivity index is 1.85. The van der Waals surface area contributed by atoms with Crippen molar-refractivity contribution in [2.75, 3.05) is 25.5 Å². The molecule has 0 spiro atoms. The van der Waals surface area contributed by atoms with Crippen molar-refractivity contribution in [3.05, 3.63) is 16.0 Å². The molecule has 0 bridgehead atoms. The summed E-state index contributed by atoms with van der Waals surface area (Å²) < 4.78 is 4.94. The van der Waals surface area contributed by atoms with Gasteiger partial charge >= 0.3 is 5.97 Å². The van der Waals surface area contributed by atoms with Crippen LogP contribution in [0.5, 0.6) is 0 Å². The van der Waals surface area contributed by atoms with Gasteiger partial charge in [0.2, 0.25) is 0 Å². The van der Waals surface area contributed by atoms with Crippen molar-refractivity contribution in [1.82, 2.24) is 4.90 Å². The molecular formula is C14H18N2O2S2. The summed E-state index contributed by atoms with van der Waals surface area (Å²) in [4.78, 5) is 15.5. The Bertz CT molecular complexity index is 548. The minimum atomic E-state index is -0.254. The molecule has 0 amide bonds. The van der Waals surface area contributed by atoms with Crippen molar-refractivity contribution >= 4 is 39.6 Å². The quantitative estimate of drug-likeness (QED) is 0.672. The number of likely N-dealkylation sites (tertiary alicyclic amines) is 1. The van der Waals surface area contributed by atoms with Crippen LogP contribution >= 0.6 is 23.6 Å². The highest BCUT2D eigenvalue weighted by atomic mass is 32.1. The van der Waals surface area contributed by atoms with Crippen LogP contribution < -0.4 is 5.32 Å². The van der Waals surface area contributed by atoms with Gasteiger partial charge in [-0.2, -0.15) is 0 Å². The van der Waals surface area contributed by atoms with E-state index in [2.05, 4.69) is 10.2 Å². The standard InChI is InChI=1S/C14H18N2O2S2/c1-18-13(17)11-9-5-4-6-10(9)20-12(11)15-14(19)16-7-2-3-8-16/h2-8H2,1H3,(H,15,19). The third kappa shape index (κ3) is 2.42. The Morgan fingerprint density at radius 3 is 2.75 bits per heavy atom. The first kappa shape index (κ1) is 13.8. The third-order valence-electron chi connectivity index (χ3n) is 3.92. The lowest BCUT2D eigenvalue weighted by atomic mass is 10.1. The molecule has 0 saturated carbocycles. The van der Waals surface area contributed by atoms with E-state index in [1.165, 1.54) is 24.8 Å². The van der Waals surface area contributed by atoms with Gasteiger partial charge in [0.1, 0.15) is 5.00 Å². The normalized spacial score (nSPS) is 17.1. The number of nitrogens with one attached hydrogen (secondary N) is 1. The van der Waals surface area contributed by atoms with Crippen molar-refractivity contribution in [3.63, 3.8) is 0 Å². The molecule has 2 heterocycles. The highest BCUT2D eigenvalue weighted by Gasteiger charge is 2.28. The van der Waals surface area contributed by atoms with E-state index >= 15 is 0 Å². The summed E-state index contributed by atoms with van der Waals surface area (Å²) >= 11 is 7.11. The molecule has 108 valence electrons. The number of carbonyl (C=O) groups is 1. The van der Waals surface area contributed by atoms with Crippen LogP contribution in [0.3, 0.4) is 0 Å². The number of fused-ring (bicyclic) bond motifs is 1. The molecule has 0 aromatic carbocycles. The lowest BCUT2D eigenvalue weighted by Crippen LogP contribution is -2.32. The largest absolute Gasteiger partial charge is 0.465 e. The molecule has 1 aliphatic heterocycles. The molecule has 0 radical (unpaired) electrons. The predicted octanol–water partition coefficient (Wildman–Crippen LogP) is 2.82. The molecular weight excluding hydrogens is 292 g/mol. The first-order valence-corrected chi connectivity index (χ1v) is 8.22. The number of anilines is 1. The van der Waals surface area contributed by atoms with E-state index in [1.807, 2.05) is 0 Å². The van der Waals surface area contributed by atoms with Crippen LogP contribution in [0.2, 0.25) is 0 Å². The molecule has 1 aromatic heterocycles. The van der Waals surface area contributed by atoms with E-state index in [0.29, 0.717) is 5.56 Å². The Morgan fingerprint density at radius 1 is 1.30 bits per heavy atom. The van der Waals surface area contributed by atoms with Crippen LogP contribution in [0.4, 0.5) is 5.00 Å². The Hall–Kier alpha value is -1.14. The van der Waals surface area contributed by atoms with Gasteiger partial charge in [-0.1, -0.05) is 0 Å². The smallest absolute Gasteiger partial charge is 0.341 e. The summed E-state index contributed by atoms with van der Waals surface area (Å²) in [7, 11) is 1.43. The fourth-order valence-electron chi connectivity index (χ4n) is 2.91. The molecule has 0 atom stereocenters. The average Bonchev–Trinajstić information content (AvgIpc) is 3.13. The number of methoxy groups -OCH3 is 1. The topological polar surface area (TPSA) is 41.6 Å². The van der Waals surface area contributed by atoms with Crippen LogP contribution in [-0.2, 0) is 17.6 Å². The molecule has 1 aromatic rings. The van der Waals surface area contributed by atoms with Crippen molar-refractivity contribution < 1.29 is 9.53 Å². The summed E-state index contributed by atoms with van der Waals surface area (Å²) in [5.74, 6) is -0.254. The number of nitrogens with zero attached hydrogens (tertiary/aromatic N) is 1. The maximum atomic E-state index is 12.0. The van der Waals surface area contributed by atoms with Crippen LogP contribution in [0.15, 0.2) is 0 Å². The second-order valence-electron chi connectivity index (χ2n) is 5.18. The SMILES string of the molecule is COC(=O)c1c(NC(=S)N2CCCC2)sc2c1CCC2. The van der Waals surface area contributed by atoms with Crippen molar-refractivity contribution in [2.24, 2.45) is 0 Å². The van der Waals surface area contributed by atoms with E-state index in [4.69, 9.17) is 17.0 Å². The average molecular weight is 310 g/mol. The Morgan fingerprint density at radius 2 is 2.05 bits per heavy atom. The van der Waals surface area contributed by atoms with Crippen LogP contribution in [-0.4, -0.2) is 36.2 Å². The molecule has 1 fully saturated rings. The molecule has 1 saturated heterocycles. The number of thiocarbonyl (C=S) groups is 1. The van der Waals surface area contributed by atoms with Gasteiger partial charge in [0.15, 0.2) is 5.11 Å². The second kappa shape index (κ2) is 5.69. The number of carbonyl (C=O) groups excluding carboxylic acids is 1. The molecule has 1 N–H and O–H groups in total. The van der Waals surface area contributed by atoms with Crippen molar-refractivity contribution in [2.45, 2.75) is 32.1 Å². The van der Waals surface area contributed by atoms with Gasteiger partial charge in [-0.25, -0.2) is 4.79 Å². The zero-order chi connectivity index (χ0) is 14.1. The Kier molecular flexibility index (Phi) is 3.94. The van der Waals surface area contributed by atoms with E-state index in [9.17, 15) is 4.79 Å². The third-order valence-corrected chi connectivity index (χ3v) is 5.49. The summed E-state index contributed by atoms with van der Waals surface area (Å²) in [5.41, 5.74) is 1.86. The number of thiophene rings is 1. The molecule has 4 nitrogen and oxygen atoms in total. The van der Waals surface area contributed by atoms with Crippen LogP contribution in [0, 0.1) is 0 Å². The molecule has 0 unspecified atom stereocenters. The monoisotopic (exact) mass is 310 g/mol. The Labute approximate surface area is 128 Å². The fraction of sp³-hybridized carbons (Fsp3) is 0.571. The molecule has 20 heavy (non-hydrogen) atoms. The van der Waals surface area contributed by atoms with E-state index in [-0.39, 0.29) is 5.97 Å². The van der Waals surface area contributed by atoms with Gasteiger partial charge < -0.3 is 15.0 Å². The number of esters is 1. The number of ether oxygens (including phenoxy) is 1. The van der Waals surface area contributed by atoms with E-state index in [0.717, 1.165) is 48.0 Å². The van der Waals surface area contributed by atoms with E-state index < -0.39 is 0 Å². The van der Waals surface area contributed by atoms with E-state index in [1.54, 1.807) is 11.3 Å². The molecule has 2 aliphatic rings. The number of aryl methyl sites for hydroxylation is 1. The fourth-order valence-corrected chi connectivity index (χ4v) is 4.53. The summed E-state index contributed by atoms with van der Waals surface area (Å²) in [6, 6.07) is 0. The van der Waals surface area contributed by atoms with Gasteiger partial charge in [-0.3, -0.25) is 0 Å². The lowest BCUT2D eigenvalue weighted by molar-refractivity contribution is 0.0601. The van der Waals surface area contributed by atoms with Crippen LogP contribution in [0.1, 0.15) is 40.1 Å². The van der Waals surface area contributed by atoms with Crippen LogP contribution in [0.25, 0.3) is 0 Å². The zero-order valence-corrected chi connectivity index (χ0v) is 13.2. The highest BCUT2D eigenvalue weighted by molar-refractivity contribution is 7.80. The number of hydrogen-bond donors (Lipinski definition) is 1. The minimum Gasteiger partial charge on any atom is -0.465 e. The zero-order valence-electron chi connectivity index (χ0n) is 11.5. The van der Waals surface area contributed by atoms with Gasteiger partial charge in [-0.15, -0.1) is 11.3 Å². The number of rotatable bonds is 2. The van der Waals surface area contributed by atoms with Gasteiger partial charge in [0.25, 0.3) is 0 Å². The minimum absolute atomic E-state index is 0.254. The predicted molar refractivity (Wildman–Crippen MR) is 84.7 cm³/mol. The van der Waals surface area contributed by atoms with Gasteiger partial charge in [0, 0.05) is 18.0 Å². The first-order chi connectivity index (χ1) is 9.70. The number of hydrogen-bond acceptors (Lipinski definition) is 4. The summed E-state index contributed by atoms with van der Waals surface area (Å²) in [6.45, 7) is 2.01. The highest BCUT2D eigenvalue weighted by Crippen LogP contribution is 2.39. The summed E-state index contributed by atoms with van der Waals surface area (Å²) in [6.07, 6.45) is 5.53. The van der Waals surface area contributed by atoms with Gasteiger partial charge in [-0.05, 0) is 49.9 Å². The second-order valence-corrected chi connectivity index (χ2v) is 6.67. The molecule has 6 heteroatoms. The lowest BCUT2D eigenvalue weighted by Gasteiger charge is -2.19. The van der Waals surface area contributed by atoms with Gasteiger partial charge in [0.05, 0.1) is 12.7 Å². The molecule has 3 rings (SSSR count). The summed E-state index contributed by atoms with van der Waals surface area (Å²) in [5, 5.41) is 4.86. The van der Waals surface area contributed by atoms with Crippen molar-refractivity contribution in [1.29, 1.82) is 0 Å².